The van der Waals surface area contributed by atoms with Crippen molar-refractivity contribution in [1.82, 2.24) is 15.0 Å². The number of fused-ring (bicyclic) bond motifs is 1. The largest absolute Gasteiger partial charge is 0.369 e. The third kappa shape index (κ3) is 1.82. The lowest BCUT2D eigenvalue weighted by atomic mass is 10.3. The Kier molecular flexibility index (Phi) is 2.49. The third-order valence-electron chi connectivity index (χ3n) is 2.12. The summed E-state index contributed by atoms with van der Waals surface area (Å²) in [6.07, 6.45) is 0.528. The number of hydrogen-bond donors (Lipinski definition) is 3. The second kappa shape index (κ2) is 3.95. The van der Waals surface area contributed by atoms with Crippen molar-refractivity contribution in [3.8, 4) is 0 Å². The van der Waals surface area contributed by atoms with Gasteiger partial charge in [-0.3, -0.25) is 9.78 Å². The maximum Gasteiger partial charge on any atom is 0.261 e. The summed E-state index contributed by atoms with van der Waals surface area (Å²) in [4.78, 5) is 23.4. The number of azide groups is 1. The number of aromatic nitrogens is 3. The van der Waals surface area contributed by atoms with Crippen LogP contribution in [0.2, 0.25) is 0 Å². The zero-order valence-electron chi connectivity index (χ0n) is 8.27. The monoisotopic (exact) mass is 219 g/mol. The Labute approximate surface area is 89.1 Å². The molecule has 0 bridgehead atoms. The predicted molar refractivity (Wildman–Crippen MR) is 58.8 cm³/mol. The van der Waals surface area contributed by atoms with E-state index in [0.29, 0.717) is 24.0 Å². The van der Waals surface area contributed by atoms with E-state index in [9.17, 15) is 4.79 Å². The van der Waals surface area contributed by atoms with E-state index in [1.54, 1.807) is 6.07 Å². The van der Waals surface area contributed by atoms with Crippen molar-refractivity contribution >= 4 is 17.0 Å². The highest BCUT2D eigenvalue weighted by molar-refractivity contribution is 5.76. The summed E-state index contributed by atoms with van der Waals surface area (Å²) in [5.41, 5.74) is 14.5. The van der Waals surface area contributed by atoms with Crippen molar-refractivity contribution in [2.75, 3.05) is 12.3 Å². The first kappa shape index (κ1) is 10.1. The molecule has 0 aliphatic rings. The van der Waals surface area contributed by atoms with Crippen molar-refractivity contribution in [1.29, 1.82) is 0 Å². The second-order valence-electron chi connectivity index (χ2n) is 3.21. The van der Waals surface area contributed by atoms with Crippen LogP contribution in [-0.2, 0) is 6.42 Å². The molecule has 0 saturated heterocycles. The van der Waals surface area contributed by atoms with Crippen molar-refractivity contribution in [3.05, 3.63) is 32.6 Å². The number of hydrogen-bond acceptors (Lipinski definition) is 4. The van der Waals surface area contributed by atoms with Crippen LogP contribution in [0.15, 0.2) is 16.0 Å². The zero-order valence-corrected chi connectivity index (χ0v) is 8.27. The number of anilines is 1. The smallest absolute Gasteiger partial charge is 0.261 e. The molecular formula is C8H9N7O. The van der Waals surface area contributed by atoms with E-state index in [-0.39, 0.29) is 11.5 Å². The van der Waals surface area contributed by atoms with Crippen LogP contribution in [-0.4, -0.2) is 21.5 Å². The first-order valence-electron chi connectivity index (χ1n) is 4.59. The molecule has 2 rings (SSSR count). The predicted octanol–water partition coefficient (Wildman–Crippen LogP) is 0.686. The van der Waals surface area contributed by atoms with Gasteiger partial charge in [0.2, 0.25) is 5.95 Å². The lowest BCUT2D eigenvalue weighted by Crippen LogP contribution is -2.09. The molecule has 0 aliphatic carbocycles. The summed E-state index contributed by atoms with van der Waals surface area (Å²) in [5.74, 6) is 0.0703. The van der Waals surface area contributed by atoms with Crippen LogP contribution in [0, 0.1) is 0 Å². The fraction of sp³-hybridized carbons (Fsp3) is 0.250. The summed E-state index contributed by atoms with van der Waals surface area (Å²) >= 11 is 0. The van der Waals surface area contributed by atoms with Gasteiger partial charge in [-0.15, -0.1) is 0 Å². The van der Waals surface area contributed by atoms with Gasteiger partial charge in [0.1, 0.15) is 5.65 Å². The SMILES string of the molecule is [N-]=[N+]=NCCc1cc2c(=O)[nH]c(N)nc2[nH]1. The van der Waals surface area contributed by atoms with Gasteiger partial charge in [-0.1, -0.05) is 5.11 Å². The van der Waals surface area contributed by atoms with Crippen LogP contribution in [0.25, 0.3) is 21.5 Å². The molecule has 2 heterocycles. The molecule has 4 N–H and O–H groups in total. The topological polar surface area (TPSA) is 136 Å². The lowest BCUT2D eigenvalue weighted by molar-refractivity contribution is 0.927. The number of nitrogen functional groups attached to an aromatic ring is 1. The van der Waals surface area contributed by atoms with E-state index in [1.165, 1.54) is 0 Å². The maximum atomic E-state index is 11.5. The highest BCUT2D eigenvalue weighted by Gasteiger charge is 2.06. The number of rotatable bonds is 3. The number of aromatic amines is 2. The van der Waals surface area contributed by atoms with Gasteiger partial charge in [-0.2, -0.15) is 4.98 Å². The molecule has 82 valence electrons. The van der Waals surface area contributed by atoms with Crippen molar-refractivity contribution < 1.29 is 0 Å². The Morgan fingerprint density at radius 2 is 2.38 bits per heavy atom. The summed E-state index contributed by atoms with van der Waals surface area (Å²) < 4.78 is 0. The number of nitrogens with one attached hydrogen (secondary N) is 2. The molecule has 0 aromatic carbocycles. The fourth-order valence-corrected chi connectivity index (χ4v) is 1.44. The Morgan fingerprint density at radius 1 is 1.56 bits per heavy atom. The summed E-state index contributed by atoms with van der Waals surface area (Å²) in [7, 11) is 0. The van der Waals surface area contributed by atoms with Crippen LogP contribution in [0.4, 0.5) is 5.95 Å². The zero-order chi connectivity index (χ0) is 11.5. The Balaban J connectivity index is 2.40. The number of nitrogens with two attached hydrogens (primary N) is 1. The lowest BCUT2D eigenvalue weighted by Gasteiger charge is -1.91. The Morgan fingerprint density at radius 3 is 3.12 bits per heavy atom. The van der Waals surface area contributed by atoms with Crippen LogP contribution < -0.4 is 11.3 Å². The molecule has 16 heavy (non-hydrogen) atoms. The van der Waals surface area contributed by atoms with E-state index in [1.807, 2.05) is 0 Å². The van der Waals surface area contributed by atoms with E-state index in [4.69, 9.17) is 11.3 Å². The van der Waals surface area contributed by atoms with Gasteiger partial charge in [0, 0.05) is 17.2 Å². The van der Waals surface area contributed by atoms with Gasteiger partial charge >= 0.3 is 0 Å². The average Bonchev–Trinajstić information content (AvgIpc) is 2.61. The van der Waals surface area contributed by atoms with Gasteiger partial charge in [0.05, 0.1) is 5.39 Å². The number of nitrogens with zero attached hydrogens (tertiary/aromatic N) is 4. The Bertz CT molecular complexity index is 619. The minimum atomic E-state index is -0.284. The molecule has 0 fully saturated rings. The van der Waals surface area contributed by atoms with Crippen molar-refractivity contribution in [3.63, 3.8) is 0 Å². The van der Waals surface area contributed by atoms with E-state index < -0.39 is 0 Å². The third-order valence-corrected chi connectivity index (χ3v) is 2.12. The molecule has 0 unspecified atom stereocenters. The summed E-state index contributed by atoms with van der Waals surface area (Å²) in [5, 5.41) is 3.86. The van der Waals surface area contributed by atoms with Gasteiger partial charge in [-0.05, 0) is 18.0 Å². The second-order valence-corrected chi connectivity index (χ2v) is 3.21. The highest BCUT2D eigenvalue weighted by atomic mass is 16.1. The maximum absolute atomic E-state index is 11.5. The minimum Gasteiger partial charge on any atom is -0.369 e. The molecule has 0 aliphatic heterocycles. The standard InChI is InChI=1S/C8H9N7O/c9-8-13-6-5(7(16)14-8)3-4(12-6)1-2-11-15-10/h3H,1-2H2,(H4,9,12,13,14,16). The minimum absolute atomic E-state index is 0.0703. The van der Waals surface area contributed by atoms with Crippen molar-refractivity contribution in [2.45, 2.75) is 6.42 Å². The van der Waals surface area contributed by atoms with Gasteiger partial charge in [0.15, 0.2) is 0 Å². The normalized spacial score (nSPS) is 10.2. The molecule has 0 saturated carbocycles. The molecular weight excluding hydrogens is 210 g/mol. The summed E-state index contributed by atoms with van der Waals surface area (Å²) in [6.45, 7) is 0.330. The van der Waals surface area contributed by atoms with Crippen LogP contribution in [0.1, 0.15) is 5.69 Å². The molecule has 8 nitrogen and oxygen atoms in total. The molecule has 0 amide bonds. The summed E-state index contributed by atoms with van der Waals surface area (Å²) in [6, 6.07) is 1.67. The molecule has 0 radical (unpaired) electrons. The van der Waals surface area contributed by atoms with Crippen LogP contribution >= 0.6 is 0 Å². The molecule has 0 spiro atoms. The highest BCUT2D eigenvalue weighted by Crippen LogP contribution is 2.09. The molecule has 8 heteroatoms. The Hall–Kier alpha value is -2.47. The number of H-pyrrole nitrogens is 2. The van der Waals surface area contributed by atoms with Gasteiger partial charge in [-0.25, -0.2) is 0 Å². The van der Waals surface area contributed by atoms with E-state index in [0.717, 1.165) is 5.69 Å². The van der Waals surface area contributed by atoms with Gasteiger partial charge in [0.25, 0.3) is 5.56 Å². The van der Waals surface area contributed by atoms with Crippen LogP contribution in [0.5, 0.6) is 0 Å². The molecule has 2 aromatic heterocycles. The fourth-order valence-electron chi connectivity index (χ4n) is 1.44. The first-order valence-corrected chi connectivity index (χ1v) is 4.59. The molecule has 0 atom stereocenters. The van der Waals surface area contributed by atoms with E-state index >= 15 is 0 Å². The first-order chi connectivity index (χ1) is 7.70. The van der Waals surface area contributed by atoms with Crippen LogP contribution in [0.3, 0.4) is 0 Å². The van der Waals surface area contributed by atoms with Gasteiger partial charge < -0.3 is 10.7 Å². The quantitative estimate of drug-likeness (QED) is 0.397. The van der Waals surface area contributed by atoms with Crippen molar-refractivity contribution in [2.24, 2.45) is 5.11 Å². The average molecular weight is 219 g/mol. The molecule has 2 aromatic rings. The van der Waals surface area contributed by atoms with E-state index in [2.05, 4.69) is 25.0 Å².